The monoisotopic (exact) mass is 331 g/mol. The van der Waals surface area contributed by atoms with E-state index in [9.17, 15) is 0 Å². The van der Waals surface area contributed by atoms with Gasteiger partial charge in [-0.05, 0) is 60.2 Å². The molecule has 0 amide bonds. The Hall–Kier alpha value is -2.18. The van der Waals surface area contributed by atoms with Gasteiger partial charge in [0.25, 0.3) is 0 Å². The predicted octanol–water partition coefficient (Wildman–Crippen LogP) is 3.32. The number of aromatic nitrogens is 4. The Morgan fingerprint density at radius 3 is 2.70 bits per heavy atom. The Kier molecular flexibility index (Phi) is 4.45. The zero-order valence-corrected chi connectivity index (χ0v) is 13.8. The number of rotatable bonds is 6. The average molecular weight is 332 g/mol. The third-order valence-electron chi connectivity index (χ3n) is 3.97. The third kappa shape index (κ3) is 3.28. The molecule has 0 aliphatic heterocycles. The second-order valence-corrected chi connectivity index (χ2v) is 5.95. The molecule has 0 saturated heterocycles. The molecular weight excluding hydrogens is 314 g/mol. The van der Waals surface area contributed by atoms with E-state index in [0.29, 0.717) is 11.6 Å². The van der Waals surface area contributed by atoms with Crippen molar-refractivity contribution in [1.82, 2.24) is 25.5 Å². The van der Waals surface area contributed by atoms with Crippen LogP contribution in [0.1, 0.15) is 31.9 Å². The van der Waals surface area contributed by atoms with E-state index in [1.807, 2.05) is 36.4 Å². The van der Waals surface area contributed by atoms with Crippen molar-refractivity contribution in [1.29, 1.82) is 0 Å². The molecule has 0 unspecified atom stereocenters. The van der Waals surface area contributed by atoms with Crippen molar-refractivity contribution in [3.05, 3.63) is 59.3 Å². The zero-order chi connectivity index (χ0) is 16.3. The summed E-state index contributed by atoms with van der Waals surface area (Å²) in [6, 6.07) is 11.2. The van der Waals surface area contributed by atoms with Crippen molar-refractivity contribution in [2.75, 3.05) is 0 Å². The van der Waals surface area contributed by atoms with Crippen molar-refractivity contribution in [2.24, 2.45) is 0 Å². The molecule has 23 heavy (non-hydrogen) atoms. The molecule has 2 heterocycles. The highest BCUT2D eigenvalue weighted by molar-refractivity contribution is 6.30. The van der Waals surface area contributed by atoms with Gasteiger partial charge in [-0.25, -0.2) is 0 Å². The molecule has 0 radical (unpaired) electrons. The number of halogens is 1. The Bertz CT molecular complexity index is 753. The summed E-state index contributed by atoms with van der Waals surface area (Å²) in [5.41, 5.74) is 0.476. The molecule has 3 aromatic rings. The molecule has 0 fully saturated rings. The summed E-state index contributed by atoms with van der Waals surface area (Å²) in [4.78, 5) is 0. The Balaban J connectivity index is 1.89. The van der Waals surface area contributed by atoms with Crippen LogP contribution < -0.4 is 5.32 Å². The van der Waals surface area contributed by atoms with Gasteiger partial charge in [0.15, 0.2) is 5.82 Å². The number of benzene rings is 1. The lowest BCUT2D eigenvalue weighted by molar-refractivity contribution is 0.309. The van der Waals surface area contributed by atoms with Crippen molar-refractivity contribution in [2.45, 2.75) is 32.4 Å². The molecule has 1 atom stereocenters. The summed E-state index contributed by atoms with van der Waals surface area (Å²) in [5.74, 6) is 1.61. The first-order chi connectivity index (χ1) is 11.1. The minimum atomic E-state index is -0.393. The van der Waals surface area contributed by atoms with E-state index in [0.717, 1.165) is 23.7 Å². The van der Waals surface area contributed by atoms with E-state index in [1.165, 1.54) is 0 Å². The summed E-state index contributed by atoms with van der Waals surface area (Å²) >= 11 is 5.95. The maximum atomic E-state index is 5.95. The van der Waals surface area contributed by atoms with Gasteiger partial charge in [0, 0.05) is 5.02 Å². The first kappa shape index (κ1) is 15.7. The van der Waals surface area contributed by atoms with Gasteiger partial charge >= 0.3 is 0 Å². The van der Waals surface area contributed by atoms with Crippen LogP contribution in [0.25, 0.3) is 5.69 Å². The second-order valence-electron chi connectivity index (χ2n) is 5.51. The highest BCUT2D eigenvalue weighted by Gasteiger charge is 2.31. The van der Waals surface area contributed by atoms with Crippen molar-refractivity contribution < 1.29 is 4.42 Å². The van der Waals surface area contributed by atoms with Gasteiger partial charge in [-0.15, -0.1) is 5.10 Å². The SMILES string of the molecule is CC[C@](C)(NCc1ccco1)c1nnnn1-c1ccc(Cl)cc1. The lowest BCUT2D eigenvalue weighted by Crippen LogP contribution is -2.41. The van der Waals surface area contributed by atoms with E-state index >= 15 is 0 Å². The van der Waals surface area contributed by atoms with Crippen LogP contribution in [0.15, 0.2) is 47.1 Å². The molecular formula is C16H18ClN5O. The molecule has 0 saturated carbocycles. The number of nitrogens with one attached hydrogen (secondary N) is 1. The van der Waals surface area contributed by atoms with Gasteiger partial charge in [0.05, 0.1) is 24.0 Å². The van der Waals surface area contributed by atoms with Crippen LogP contribution in [0.5, 0.6) is 0 Å². The smallest absolute Gasteiger partial charge is 0.176 e. The molecule has 3 rings (SSSR count). The first-order valence-electron chi connectivity index (χ1n) is 7.44. The molecule has 0 bridgehead atoms. The van der Waals surface area contributed by atoms with Crippen LogP contribution in [0, 0.1) is 0 Å². The molecule has 2 aromatic heterocycles. The largest absolute Gasteiger partial charge is 0.468 e. The molecule has 1 aromatic carbocycles. The van der Waals surface area contributed by atoms with Crippen LogP contribution >= 0.6 is 11.6 Å². The molecule has 120 valence electrons. The fourth-order valence-electron chi connectivity index (χ4n) is 2.34. The van der Waals surface area contributed by atoms with E-state index in [4.69, 9.17) is 16.0 Å². The number of nitrogens with zero attached hydrogens (tertiary/aromatic N) is 4. The maximum absolute atomic E-state index is 5.95. The van der Waals surface area contributed by atoms with Gasteiger partial charge in [0.1, 0.15) is 5.76 Å². The highest BCUT2D eigenvalue weighted by Crippen LogP contribution is 2.25. The van der Waals surface area contributed by atoms with Gasteiger partial charge in [0.2, 0.25) is 0 Å². The lowest BCUT2D eigenvalue weighted by Gasteiger charge is -2.28. The van der Waals surface area contributed by atoms with E-state index in [2.05, 4.69) is 34.7 Å². The molecule has 0 aliphatic rings. The van der Waals surface area contributed by atoms with E-state index in [1.54, 1.807) is 10.9 Å². The lowest BCUT2D eigenvalue weighted by atomic mass is 9.97. The third-order valence-corrected chi connectivity index (χ3v) is 4.23. The fourth-order valence-corrected chi connectivity index (χ4v) is 2.47. The number of tetrazole rings is 1. The fraction of sp³-hybridized carbons (Fsp3) is 0.312. The summed E-state index contributed by atoms with van der Waals surface area (Å²) in [5, 5.41) is 16.4. The van der Waals surface area contributed by atoms with Gasteiger partial charge in [-0.3, -0.25) is 5.32 Å². The quantitative estimate of drug-likeness (QED) is 0.750. The second kappa shape index (κ2) is 6.52. The normalized spacial score (nSPS) is 13.9. The highest BCUT2D eigenvalue weighted by atomic mass is 35.5. The van der Waals surface area contributed by atoms with Gasteiger partial charge < -0.3 is 4.42 Å². The first-order valence-corrected chi connectivity index (χ1v) is 7.82. The van der Waals surface area contributed by atoms with Crippen molar-refractivity contribution in [3.8, 4) is 5.69 Å². The number of furan rings is 1. The zero-order valence-electron chi connectivity index (χ0n) is 13.0. The van der Waals surface area contributed by atoms with E-state index in [-0.39, 0.29) is 0 Å². The summed E-state index contributed by atoms with van der Waals surface area (Å²) < 4.78 is 7.11. The Labute approximate surface area is 139 Å². The van der Waals surface area contributed by atoms with Crippen molar-refractivity contribution in [3.63, 3.8) is 0 Å². The van der Waals surface area contributed by atoms with Crippen LogP contribution in [0.2, 0.25) is 5.02 Å². The molecule has 7 heteroatoms. The standard InChI is InChI=1S/C16H18ClN5O/c1-3-16(2,18-11-14-5-4-10-23-14)15-19-20-21-22(15)13-8-6-12(17)7-9-13/h4-10,18H,3,11H2,1-2H3/t16-/m0/s1. The summed E-state index contributed by atoms with van der Waals surface area (Å²) in [7, 11) is 0. The minimum Gasteiger partial charge on any atom is -0.468 e. The predicted molar refractivity (Wildman–Crippen MR) is 87.4 cm³/mol. The Morgan fingerprint density at radius 1 is 1.26 bits per heavy atom. The van der Waals surface area contributed by atoms with Crippen LogP contribution in [0.4, 0.5) is 0 Å². The Morgan fingerprint density at radius 2 is 2.04 bits per heavy atom. The molecule has 0 spiro atoms. The molecule has 6 nitrogen and oxygen atoms in total. The van der Waals surface area contributed by atoms with Crippen molar-refractivity contribution >= 4 is 11.6 Å². The minimum absolute atomic E-state index is 0.393. The number of hydrogen-bond donors (Lipinski definition) is 1. The van der Waals surface area contributed by atoms with Gasteiger partial charge in [-0.1, -0.05) is 18.5 Å². The molecule has 0 aliphatic carbocycles. The van der Waals surface area contributed by atoms with Crippen LogP contribution in [-0.4, -0.2) is 20.2 Å². The van der Waals surface area contributed by atoms with Gasteiger partial charge in [-0.2, -0.15) is 4.68 Å². The summed E-state index contributed by atoms with van der Waals surface area (Å²) in [6.07, 6.45) is 2.49. The summed E-state index contributed by atoms with van der Waals surface area (Å²) in [6.45, 7) is 4.77. The average Bonchev–Trinajstić information content (AvgIpc) is 3.25. The molecule has 1 N–H and O–H groups in total. The van der Waals surface area contributed by atoms with Crippen LogP contribution in [0.3, 0.4) is 0 Å². The number of hydrogen-bond acceptors (Lipinski definition) is 5. The topological polar surface area (TPSA) is 68.8 Å². The maximum Gasteiger partial charge on any atom is 0.176 e. The van der Waals surface area contributed by atoms with Crippen LogP contribution in [-0.2, 0) is 12.1 Å². The van der Waals surface area contributed by atoms with E-state index < -0.39 is 5.54 Å².